The minimum Gasteiger partial charge on any atom is -0.398 e. The molecule has 1 fully saturated rings. The van der Waals surface area contributed by atoms with Crippen molar-refractivity contribution in [2.24, 2.45) is 5.92 Å². The molecule has 3 nitrogen and oxygen atoms in total. The van der Waals surface area contributed by atoms with E-state index in [-0.39, 0.29) is 5.91 Å². The summed E-state index contributed by atoms with van der Waals surface area (Å²) in [7, 11) is 0. The normalized spacial score (nSPS) is 20.1. The van der Waals surface area contributed by atoms with Crippen molar-refractivity contribution in [1.82, 2.24) is 4.90 Å². The Bertz CT molecular complexity index is 461. The first kappa shape index (κ1) is 14.4. The lowest BCUT2D eigenvalue weighted by Gasteiger charge is -2.21. The van der Waals surface area contributed by atoms with Crippen LogP contribution in [0.5, 0.6) is 0 Å². The number of hydrogen-bond acceptors (Lipinski definition) is 2. The van der Waals surface area contributed by atoms with Gasteiger partial charge in [0.15, 0.2) is 0 Å². The van der Waals surface area contributed by atoms with E-state index < -0.39 is 0 Å². The van der Waals surface area contributed by atoms with Gasteiger partial charge in [0.1, 0.15) is 0 Å². The molecule has 1 aliphatic rings. The Labute approximate surface area is 123 Å². The third-order valence-corrected chi connectivity index (χ3v) is 4.65. The number of carbonyl (C=O) groups is 1. The van der Waals surface area contributed by atoms with Crippen molar-refractivity contribution in [3.8, 4) is 0 Å². The van der Waals surface area contributed by atoms with Gasteiger partial charge in [-0.05, 0) is 59.3 Å². The molecule has 2 rings (SSSR count). The van der Waals surface area contributed by atoms with Gasteiger partial charge in [-0.2, -0.15) is 0 Å². The summed E-state index contributed by atoms with van der Waals surface area (Å²) < 4.78 is 0.791. The first-order valence-electron chi connectivity index (χ1n) is 6.96. The number of carbonyl (C=O) groups excluding carboxylic acids is 1. The molecule has 0 spiro atoms. The summed E-state index contributed by atoms with van der Waals surface area (Å²) in [5.74, 6) is 0.897. The molecule has 1 heterocycles. The topological polar surface area (TPSA) is 46.3 Å². The predicted octanol–water partition coefficient (Wildman–Crippen LogP) is 3.68. The van der Waals surface area contributed by atoms with Crippen LogP contribution < -0.4 is 5.73 Å². The summed E-state index contributed by atoms with van der Waals surface area (Å²) in [5, 5.41) is 0. The van der Waals surface area contributed by atoms with E-state index in [1.807, 2.05) is 17.0 Å². The third kappa shape index (κ3) is 3.50. The highest BCUT2D eigenvalue weighted by atomic mass is 79.9. The Balaban J connectivity index is 2.08. The molecule has 0 aliphatic carbocycles. The summed E-state index contributed by atoms with van der Waals surface area (Å²) in [4.78, 5) is 14.5. The minimum atomic E-state index is 0.123. The van der Waals surface area contributed by atoms with E-state index in [0.29, 0.717) is 5.69 Å². The number of anilines is 1. The molecule has 4 heteroatoms. The lowest BCUT2D eigenvalue weighted by Crippen LogP contribution is -2.32. The molecule has 1 unspecified atom stereocenters. The van der Waals surface area contributed by atoms with Crippen molar-refractivity contribution in [2.75, 3.05) is 18.8 Å². The zero-order valence-electron chi connectivity index (χ0n) is 11.4. The van der Waals surface area contributed by atoms with Crippen LogP contribution in [0.2, 0.25) is 0 Å². The molecule has 1 amide bonds. The molecule has 1 aromatic carbocycles. The van der Waals surface area contributed by atoms with Gasteiger partial charge < -0.3 is 10.6 Å². The zero-order valence-corrected chi connectivity index (χ0v) is 12.9. The first-order chi connectivity index (χ1) is 9.11. The van der Waals surface area contributed by atoms with Gasteiger partial charge in [0.05, 0.1) is 0 Å². The number of rotatable bonds is 2. The highest BCUT2D eigenvalue weighted by Crippen LogP contribution is 2.24. The van der Waals surface area contributed by atoms with Crippen LogP contribution in [-0.2, 0) is 0 Å². The van der Waals surface area contributed by atoms with Gasteiger partial charge in [0, 0.05) is 28.8 Å². The average molecular weight is 325 g/mol. The summed E-state index contributed by atoms with van der Waals surface area (Å²) >= 11 is 3.38. The molecule has 2 N–H and O–H groups in total. The number of nitrogen functional groups attached to an aromatic ring is 1. The zero-order chi connectivity index (χ0) is 13.8. The second kappa shape index (κ2) is 6.42. The van der Waals surface area contributed by atoms with Crippen LogP contribution in [0.15, 0.2) is 22.7 Å². The van der Waals surface area contributed by atoms with E-state index in [2.05, 4.69) is 22.9 Å². The van der Waals surface area contributed by atoms with E-state index in [1.54, 1.807) is 6.07 Å². The Morgan fingerprint density at radius 2 is 2.21 bits per heavy atom. The molecule has 19 heavy (non-hydrogen) atoms. The fourth-order valence-electron chi connectivity index (χ4n) is 2.62. The van der Waals surface area contributed by atoms with E-state index in [9.17, 15) is 4.79 Å². The molecule has 0 aromatic heterocycles. The van der Waals surface area contributed by atoms with Gasteiger partial charge in [-0.1, -0.05) is 13.3 Å². The molecule has 104 valence electrons. The Kier molecular flexibility index (Phi) is 4.86. The number of halogens is 1. The van der Waals surface area contributed by atoms with Crippen molar-refractivity contribution in [2.45, 2.75) is 32.6 Å². The minimum absolute atomic E-state index is 0.123. The van der Waals surface area contributed by atoms with Crippen LogP contribution in [0.3, 0.4) is 0 Å². The van der Waals surface area contributed by atoms with Crippen LogP contribution in [0.1, 0.15) is 43.0 Å². The van der Waals surface area contributed by atoms with Crippen molar-refractivity contribution >= 4 is 27.5 Å². The standard InChI is InChI=1S/C15H21BrN2O/c1-2-11-4-3-8-18(9-7-11)15(19)12-5-6-14(17)13(16)10-12/h5-6,10-11H,2-4,7-9,17H2,1H3. The maximum Gasteiger partial charge on any atom is 0.253 e. The first-order valence-corrected chi connectivity index (χ1v) is 7.75. The highest BCUT2D eigenvalue weighted by molar-refractivity contribution is 9.10. The van der Waals surface area contributed by atoms with Crippen molar-refractivity contribution < 1.29 is 4.79 Å². The SMILES string of the molecule is CCC1CCCN(C(=O)c2ccc(N)c(Br)c2)CC1. The smallest absolute Gasteiger partial charge is 0.253 e. The number of nitrogens with zero attached hydrogens (tertiary/aromatic N) is 1. The van der Waals surface area contributed by atoms with Gasteiger partial charge in [-0.25, -0.2) is 0 Å². The van der Waals surface area contributed by atoms with Gasteiger partial charge in [0.25, 0.3) is 5.91 Å². The van der Waals surface area contributed by atoms with Crippen molar-refractivity contribution in [1.29, 1.82) is 0 Å². The largest absolute Gasteiger partial charge is 0.398 e. The Morgan fingerprint density at radius 1 is 1.42 bits per heavy atom. The molecule has 0 bridgehead atoms. The van der Waals surface area contributed by atoms with E-state index in [1.165, 1.54) is 12.8 Å². The quantitative estimate of drug-likeness (QED) is 0.843. The summed E-state index contributed by atoms with van der Waals surface area (Å²) in [6, 6.07) is 5.41. The van der Waals surface area contributed by atoms with Gasteiger partial charge in [0.2, 0.25) is 0 Å². The predicted molar refractivity (Wildman–Crippen MR) is 82.1 cm³/mol. The number of nitrogens with two attached hydrogens (primary N) is 1. The fraction of sp³-hybridized carbons (Fsp3) is 0.533. The maximum absolute atomic E-state index is 12.5. The number of likely N-dealkylation sites (tertiary alicyclic amines) is 1. The van der Waals surface area contributed by atoms with Crippen LogP contribution >= 0.6 is 15.9 Å². The molecule has 0 saturated carbocycles. The summed E-state index contributed by atoms with van der Waals surface area (Å²) in [6.07, 6.45) is 4.69. The number of benzene rings is 1. The molecule has 1 aliphatic heterocycles. The summed E-state index contributed by atoms with van der Waals surface area (Å²) in [5.41, 5.74) is 7.14. The van der Waals surface area contributed by atoms with Crippen molar-refractivity contribution in [3.05, 3.63) is 28.2 Å². The van der Waals surface area contributed by atoms with Crippen LogP contribution in [0, 0.1) is 5.92 Å². The van der Waals surface area contributed by atoms with Crippen LogP contribution in [0.4, 0.5) is 5.69 Å². The van der Waals surface area contributed by atoms with Gasteiger partial charge in [-0.3, -0.25) is 4.79 Å². The van der Waals surface area contributed by atoms with E-state index in [0.717, 1.165) is 41.9 Å². The second-order valence-electron chi connectivity index (χ2n) is 5.23. The van der Waals surface area contributed by atoms with Crippen LogP contribution in [0.25, 0.3) is 0 Å². The maximum atomic E-state index is 12.5. The average Bonchev–Trinajstić information content (AvgIpc) is 2.66. The molecule has 1 atom stereocenters. The van der Waals surface area contributed by atoms with E-state index >= 15 is 0 Å². The summed E-state index contributed by atoms with van der Waals surface area (Å²) in [6.45, 7) is 3.98. The van der Waals surface area contributed by atoms with Crippen LogP contribution in [-0.4, -0.2) is 23.9 Å². The monoisotopic (exact) mass is 324 g/mol. The lowest BCUT2D eigenvalue weighted by molar-refractivity contribution is 0.0760. The second-order valence-corrected chi connectivity index (χ2v) is 6.09. The Morgan fingerprint density at radius 3 is 2.89 bits per heavy atom. The molecule has 1 saturated heterocycles. The molecular weight excluding hydrogens is 304 g/mol. The third-order valence-electron chi connectivity index (χ3n) is 3.96. The van der Waals surface area contributed by atoms with Gasteiger partial charge >= 0.3 is 0 Å². The molecule has 0 radical (unpaired) electrons. The number of amides is 1. The van der Waals surface area contributed by atoms with E-state index in [4.69, 9.17) is 5.73 Å². The van der Waals surface area contributed by atoms with Gasteiger partial charge in [-0.15, -0.1) is 0 Å². The Hall–Kier alpha value is -1.03. The number of hydrogen-bond donors (Lipinski definition) is 1. The fourth-order valence-corrected chi connectivity index (χ4v) is 3.00. The molecule has 1 aromatic rings. The lowest BCUT2D eigenvalue weighted by atomic mass is 9.98. The van der Waals surface area contributed by atoms with Crippen molar-refractivity contribution in [3.63, 3.8) is 0 Å². The molecular formula is C15H21BrN2O. The highest BCUT2D eigenvalue weighted by Gasteiger charge is 2.21.